The van der Waals surface area contributed by atoms with Crippen molar-refractivity contribution in [2.45, 2.75) is 26.4 Å². The van der Waals surface area contributed by atoms with Crippen molar-refractivity contribution in [3.63, 3.8) is 0 Å². The van der Waals surface area contributed by atoms with E-state index >= 15 is 0 Å². The Hall–Kier alpha value is -0.770. The van der Waals surface area contributed by atoms with Crippen LogP contribution in [-0.4, -0.2) is 43.3 Å². The summed E-state index contributed by atoms with van der Waals surface area (Å²) in [6.45, 7) is 7.19. The fourth-order valence-corrected chi connectivity index (χ4v) is 1.30. The van der Waals surface area contributed by atoms with Gasteiger partial charge in [-0.15, -0.1) is 0 Å². The van der Waals surface area contributed by atoms with Crippen molar-refractivity contribution >= 4 is 6.03 Å². The first-order valence-corrected chi connectivity index (χ1v) is 4.84. The number of amides is 2. The summed E-state index contributed by atoms with van der Waals surface area (Å²) in [7, 11) is 0. The van der Waals surface area contributed by atoms with Crippen molar-refractivity contribution in [2.24, 2.45) is 0 Å². The summed E-state index contributed by atoms with van der Waals surface area (Å²) in [6.07, 6.45) is 1.21. The molecule has 0 unspecified atom stereocenters. The minimum absolute atomic E-state index is 0.0598. The highest BCUT2D eigenvalue weighted by molar-refractivity contribution is 5.76. The van der Waals surface area contributed by atoms with Crippen LogP contribution >= 0.6 is 0 Å². The Balaban J connectivity index is 2.02. The topological polar surface area (TPSA) is 41.6 Å². The lowest BCUT2D eigenvalue weighted by atomic mass is 10.4. The van der Waals surface area contributed by atoms with Gasteiger partial charge in [-0.1, -0.05) is 0 Å². The number of hydrogen-bond donors (Lipinski definition) is 1. The number of urea groups is 1. The highest BCUT2D eigenvalue weighted by atomic mass is 16.5. The fraction of sp³-hybridized carbons (Fsp3) is 0.889. The Bertz CT molecular complexity index is 171. The third-order valence-corrected chi connectivity index (χ3v) is 1.97. The van der Waals surface area contributed by atoms with E-state index in [2.05, 4.69) is 5.32 Å². The van der Waals surface area contributed by atoms with Crippen LogP contribution in [0.2, 0.25) is 0 Å². The van der Waals surface area contributed by atoms with Gasteiger partial charge in [0.05, 0.1) is 6.10 Å². The molecule has 4 heteroatoms. The SMILES string of the molecule is CC(C)OCCCN1CCNC1=O. The molecule has 0 bridgehead atoms. The lowest BCUT2D eigenvalue weighted by Gasteiger charge is -2.14. The van der Waals surface area contributed by atoms with Crippen LogP contribution in [0.1, 0.15) is 20.3 Å². The van der Waals surface area contributed by atoms with Gasteiger partial charge in [0.25, 0.3) is 0 Å². The van der Waals surface area contributed by atoms with Crippen LogP contribution in [0.5, 0.6) is 0 Å². The fourth-order valence-electron chi connectivity index (χ4n) is 1.30. The summed E-state index contributed by atoms with van der Waals surface area (Å²) >= 11 is 0. The van der Waals surface area contributed by atoms with Gasteiger partial charge in [-0.3, -0.25) is 0 Å². The summed E-state index contributed by atoms with van der Waals surface area (Å²) in [6, 6.07) is 0.0598. The number of hydrogen-bond acceptors (Lipinski definition) is 2. The molecule has 1 aliphatic heterocycles. The average molecular weight is 186 g/mol. The number of carbonyl (C=O) groups is 1. The molecule has 2 amide bonds. The lowest BCUT2D eigenvalue weighted by molar-refractivity contribution is 0.0734. The van der Waals surface area contributed by atoms with E-state index < -0.39 is 0 Å². The lowest BCUT2D eigenvalue weighted by Crippen LogP contribution is -2.29. The number of rotatable bonds is 5. The maximum Gasteiger partial charge on any atom is 0.317 e. The van der Waals surface area contributed by atoms with E-state index in [9.17, 15) is 4.79 Å². The quantitative estimate of drug-likeness (QED) is 0.646. The zero-order valence-corrected chi connectivity index (χ0v) is 8.38. The van der Waals surface area contributed by atoms with Crippen LogP contribution in [0.25, 0.3) is 0 Å². The molecule has 0 saturated carbocycles. The van der Waals surface area contributed by atoms with E-state index in [-0.39, 0.29) is 12.1 Å². The summed E-state index contributed by atoms with van der Waals surface area (Å²) in [5.41, 5.74) is 0. The highest BCUT2D eigenvalue weighted by Crippen LogP contribution is 1.99. The monoisotopic (exact) mass is 186 g/mol. The summed E-state index contributed by atoms with van der Waals surface area (Å²) < 4.78 is 5.38. The first-order chi connectivity index (χ1) is 6.20. The number of nitrogens with zero attached hydrogens (tertiary/aromatic N) is 1. The molecular formula is C9H18N2O2. The molecule has 1 saturated heterocycles. The van der Waals surface area contributed by atoms with Gasteiger partial charge in [0, 0.05) is 26.2 Å². The van der Waals surface area contributed by atoms with Gasteiger partial charge < -0.3 is 15.0 Å². The molecule has 0 atom stereocenters. The van der Waals surface area contributed by atoms with E-state index in [0.29, 0.717) is 0 Å². The maximum atomic E-state index is 11.1. The van der Waals surface area contributed by atoms with Crippen LogP contribution in [0.4, 0.5) is 4.79 Å². The van der Waals surface area contributed by atoms with Crippen molar-refractivity contribution in [1.82, 2.24) is 10.2 Å². The molecule has 0 aromatic rings. The van der Waals surface area contributed by atoms with E-state index in [1.165, 1.54) is 0 Å². The van der Waals surface area contributed by atoms with E-state index in [0.717, 1.165) is 32.7 Å². The van der Waals surface area contributed by atoms with Crippen molar-refractivity contribution in [3.8, 4) is 0 Å². The second kappa shape index (κ2) is 5.07. The zero-order chi connectivity index (χ0) is 9.68. The predicted octanol–water partition coefficient (Wildman–Crippen LogP) is 0.827. The van der Waals surface area contributed by atoms with Gasteiger partial charge in [0.2, 0.25) is 0 Å². The van der Waals surface area contributed by atoms with Gasteiger partial charge in [0.1, 0.15) is 0 Å². The second-order valence-electron chi connectivity index (χ2n) is 3.49. The molecule has 0 radical (unpaired) electrons. The summed E-state index contributed by atoms with van der Waals surface area (Å²) in [5, 5.41) is 2.77. The Kier molecular flexibility index (Phi) is 4.02. The molecule has 1 aliphatic rings. The zero-order valence-electron chi connectivity index (χ0n) is 8.38. The molecule has 4 nitrogen and oxygen atoms in total. The third kappa shape index (κ3) is 3.63. The first kappa shape index (κ1) is 10.3. The van der Waals surface area contributed by atoms with Crippen molar-refractivity contribution in [3.05, 3.63) is 0 Å². The number of ether oxygens (including phenoxy) is 1. The minimum atomic E-state index is 0.0598. The van der Waals surface area contributed by atoms with E-state index in [1.54, 1.807) is 0 Å². The second-order valence-corrected chi connectivity index (χ2v) is 3.49. The van der Waals surface area contributed by atoms with Crippen LogP contribution in [0, 0.1) is 0 Å². The molecule has 76 valence electrons. The normalized spacial score (nSPS) is 16.8. The van der Waals surface area contributed by atoms with Crippen molar-refractivity contribution < 1.29 is 9.53 Å². The average Bonchev–Trinajstić information content (AvgIpc) is 2.45. The molecule has 1 N–H and O–H groups in total. The van der Waals surface area contributed by atoms with E-state index in [4.69, 9.17) is 4.74 Å². The molecule has 0 aromatic carbocycles. The van der Waals surface area contributed by atoms with Gasteiger partial charge in [-0.2, -0.15) is 0 Å². The molecule has 1 fully saturated rings. The van der Waals surface area contributed by atoms with Crippen molar-refractivity contribution in [1.29, 1.82) is 0 Å². The summed E-state index contributed by atoms with van der Waals surface area (Å²) in [5.74, 6) is 0. The first-order valence-electron chi connectivity index (χ1n) is 4.84. The minimum Gasteiger partial charge on any atom is -0.379 e. The van der Waals surface area contributed by atoms with Crippen molar-refractivity contribution in [2.75, 3.05) is 26.2 Å². The van der Waals surface area contributed by atoms with Crippen LogP contribution in [-0.2, 0) is 4.74 Å². The van der Waals surface area contributed by atoms with Crippen LogP contribution < -0.4 is 5.32 Å². The van der Waals surface area contributed by atoms with Gasteiger partial charge in [-0.05, 0) is 20.3 Å². The van der Waals surface area contributed by atoms with Crippen LogP contribution in [0.3, 0.4) is 0 Å². The van der Waals surface area contributed by atoms with Crippen LogP contribution in [0.15, 0.2) is 0 Å². The van der Waals surface area contributed by atoms with Gasteiger partial charge in [0.15, 0.2) is 0 Å². The highest BCUT2D eigenvalue weighted by Gasteiger charge is 2.17. The largest absolute Gasteiger partial charge is 0.379 e. The van der Waals surface area contributed by atoms with Gasteiger partial charge in [-0.25, -0.2) is 4.79 Å². The number of nitrogens with one attached hydrogen (secondary N) is 1. The Labute approximate surface area is 79.2 Å². The molecule has 0 aromatic heterocycles. The van der Waals surface area contributed by atoms with Gasteiger partial charge >= 0.3 is 6.03 Å². The molecule has 1 rings (SSSR count). The predicted molar refractivity (Wildman–Crippen MR) is 50.7 cm³/mol. The molecular weight excluding hydrogens is 168 g/mol. The third-order valence-electron chi connectivity index (χ3n) is 1.97. The molecule has 13 heavy (non-hydrogen) atoms. The maximum absolute atomic E-state index is 11.1. The Morgan fingerprint density at radius 2 is 2.38 bits per heavy atom. The molecule has 1 heterocycles. The standard InChI is InChI=1S/C9H18N2O2/c1-8(2)13-7-3-5-11-6-4-10-9(11)12/h8H,3-7H2,1-2H3,(H,10,12). The van der Waals surface area contributed by atoms with E-state index in [1.807, 2.05) is 18.7 Å². The summed E-state index contributed by atoms with van der Waals surface area (Å²) in [4.78, 5) is 12.9. The molecule has 0 spiro atoms. The smallest absolute Gasteiger partial charge is 0.317 e. The number of carbonyl (C=O) groups excluding carboxylic acids is 1. The Morgan fingerprint density at radius 3 is 2.92 bits per heavy atom. The Morgan fingerprint density at radius 1 is 1.62 bits per heavy atom. The molecule has 0 aliphatic carbocycles.